The second-order valence-corrected chi connectivity index (χ2v) is 5.59. The molecular formula is C17H24O4. The van der Waals surface area contributed by atoms with Gasteiger partial charge in [-0.2, -0.15) is 0 Å². The lowest BCUT2D eigenvalue weighted by atomic mass is 9.82. The quantitative estimate of drug-likeness (QED) is 0.596. The molecule has 1 fully saturated rings. The highest BCUT2D eigenvalue weighted by atomic mass is 16.7. The number of esters is 1. The van der Waals surface area contributed by atoms with Crippen molar-refractivity contribution in [3.8, 4) is 5.75 Å². The molecule has 1 saturated carbocycles. The molecule has 1 aliphatic rings. The van der Waals surface area contributed by atoms with Gasteiger partial charge >= 0.3 is 5.97 Å². The predicted octanol–water partition coefficient (Wildman–Crippen LogP) is 3.33. The van der Waals surface area contributed by atoms with E-state index in [4.69, 9.17) is 14.2 Å². The largest absolute Gasteiger partial charge is 0.468 e. The van der Waals surface area contributed by atoms with Crippen LogP contribution >= 0.6 is 0 Å². The van der Waals surface area contributed by atoms with Crippen LogP contribution in [0.15, 0.2) is 24.3 Å². The van der Waals surface area contributed by atoms with Crippen molar-refractivity contribution < 1.29 is 19.0 Å². The SMILES string of the molecule is COCOc1ccc(C[C@@H]2CCCC[C@@H]2OC(C)=O)cc1. The summed E-state index contributed by atoms with van der Waals surface area (Å²) in [7, 11) is 1.60. The van der Waals surface area contributed by atoms with Gasteiger partial charge in [0.1, 0.15) is 11.9 Å². The maximum atomic E-state index is 11.2. The summed E-state index contributed by atoms with van der Waals surface area (Å²) >= 11 is 0. The van der Waals surface area contributed by atoms with Gasteiger partial charge in [0.15, 0.2) is 6.79 Å². The third-order valence-electron chi connectivity index (χ3n) is 3.92. The molecule has 0 amide bonds. The number of benzene rings is 1. The Kier molecular flexibility index (Phi) is 6.05. The zero-order valence-corrected chi connectivity index (χ0v) is 12.8. The van der Waals surface area contributed by atoms with Gasteiger partial charge in [-0.25, -0.2) is 0 Å². The molecule has 0 saturated heterocycles. The van der Waals surface area contributed by atoms with Crippen molar-refractivity contribution in [3.63, 3.8) is 0 Å². The van der Waals surface area contributed by atoms with E-state index in [2.05, 4.69) is 12.1 Å². The van der Waals surface area contributed by atoms with Gasteiger partial charge in [0.25, 0.3) is 0 Å². The molecule has 2 atom stereocenters. The van der Waals surface area contributed by atoms with Gasteiger partial charge in [0.05, 0.1) is 0 Å². The zero-order chi connectivity index (χ0) is 15.1. The molecule has 0 aromatic heterocycles. The monoisotopic (exact) mass is 292 g/mol. The van der Waals surface area contributed by atoms with Crippen LogP contribution in [0.4, 0.5) is 0 Å². The van der Waals surface area contributed by atoms with Crippen molar-refractivity contribution in [1.82, 2.24) is 0 Å². The normalized spacial score (nSPS) is 21.8. The average Bonchev–Trinajstić information content (AvgIpc) is 2.48. The van der Waals surface area contributed by atoms with E-state index in [-0.39, 0.29) is 18.9 Å². The van der Waals surface area contributed by atoms with Crippen LogP contribution in [0.5, 0.6) is 5.75 Å². The summed E-state index contributed by atoms with van der Waals surface area (Å²) in [6.07, 6.45) is 5.50. The molecule has 4 heteroatoms. The van der Waals surface area contributed by atoms with Crippen LogP contribution in [0.3, 0.4) is 0 Å². The van der Waals surface area contributed by atoms with Gasteiger partial charge in [0.2, 0.25) is 0 Å². The van der Waals surface area contributed by atoms with E-state index < -0.39 is 0 Å². The zero-order valence-electron chi connectivity index (χ0n) is 12.8. The van der Waals surface area contributed by atoms with Crippen molar-refractivity contribution in [3.05, 3.63) is 29.8 Å². The molecule has 2 rings (SSSR count). The number of hydrogen-bond acceptors (Lipinski definition) is 4. The molecule has 0 aliphatic heterocycles. The topological polar surface area (TPSA) is 44.8 Å². The first kappa shape index (κ1) is 15.8. The molecule has 4 nitrogen and oxygen atoms in total. The molecule has 0 bridgehead atoms. The van der Waals surface area contributed by atoms with Crippen LogP contribution in [0, 0.1) is 5.92 Å². The molecule has 0 spiro atoms. The van der Waals surface area contributed by atoms with E-state index >= 15 is 0 Å². The van der Waals surface area contributed by atoms with Gasteiger partial charge in [0, 0.05) is 14.0 Å². The Balaban J connectivity index is 1.93. The van der Waals surface area contributed by atoms with Crippen LogP contribution in [0.25, 0.3) is 0 Å². The van der Waals surface area contributed by atoms with Crippen molar-refractivity contribution >= 4 is 5.97 Å². The van der Waals surface area contributed by atoms with Crippen LogP contribution < -0.4 is 4.74 Å². The first-order valence-electron chi connectivity index (χ1n) is 7.57. The fraction of sp³-hybridized carbons (Fsp3) is 0.588. The summed E-state index contributed by atoms with van der Waals surface area (Å²) in [5.41, 5.74) is 1.25. The van der Waals surface area contributed by atoms with Crippen molar-refractivity contribution in [2.75, 3.05) is 13.9 Å². The molecule has 116 valence electrons. The lowest BCUT2D eigenvalue weighted by molar-refractivity contribution is -0.150. The first-order chi connectivity index (χ1) is 10.2. The van der Waals surface area contributed by atoms with E-state index in [1.807, 2.05) is 12.1 Å². The predicted molar refractivity (Wildman–Crippen MR) is 80.2 cm³/mol. The van der Waals surface area contributed by atoms with Gasteiger partial charge in [-0.3, -0.25) is 4.79 Å². The van der Waals surface area contributed by atoms with E-state index in [9.17, 15) is 4.79 Å². The molecule has 0 N–H and O–H groups in total. The Hall–Kier alpha value is -1.55. The smallest absolute Gasteiger partial charge is 0.302 e. The minimum atomic E-state index is -0.171. The van der Waals surface area contributed by atoms with Gasteiger partial charge in [-0.05, 0) is 49.3 Å². The molecular weight excluding hydrogens is 268 g/mol. The van der Waals surface area contributed by atoms with Crippen molar-refractivity contribution in [2.45, 2.75) is 45.1 Å². The number of carbonyl (C=O) groups is 1. The van der Waals surface area contributed by atoms with Crippen LogP contribution in [0.1, 0.15) is 38.2 Å². The number of carbonyl (C=O) groups excluding carboxylic acids is 1. The lowest BCUT2D eigenvalue weighted by Gasteiger charge is -2.31. The molecule has 1 aromatic rings. The molecule has 1 aliphatic carbocycles. The Morgan fingerprint density at radius 2 is 1.90 bits per heavy atom. The molecule has 21 heavy (non-hydrogen) atoms. The van der Waals surface area contributed by atoms with E-state index in [0.29, 0.717) is 5.92 Å². The van der Waals surface area contributed by atoms with Gasteiger partial charge < -0.3 is 14.2 Å². The van der Waals surface area contributed by atoms with E-state index in [1.165, 1.54) is 18.9 Å². The minimum absolute atomic E-state index is 0.0701. The third kappa shape index (κ3) is 5.05. The van der Waals surface area contributed by atoms with Crippen molar-refractivity contribution in [2.24, 2.45) is 5.92 Å². The first-order valence-corrected chi connectivity index (χ1v) is 7.57. The maximum absolute atomic E-state index is 11.2. The maximum Gasteiger partial charge on any atom is 0.302 e. The Morgan fingerprint density at radius 3 is 2.57 bits per heavy atom. The highest BCUT2D eigenvalue weighted by Gasteiger charge is 2.27. The standard InChI is InChI=1S/C17H24O4/c1-13(18)21-17-6-4-3-5-15(17)11-14-7-9-16(10-8-14)20-12-19-2/h7-10,15,17H,3-6,11-12H2,1-2H3/t15-,17-/m0/s1. The van der Waals surface area contributed by atoms with Crippen LogP contribution in [-0.4, -0.2) is 26.0 Å². The summed E-state index contributed by atoms with van der Waals surface area (Å²) in [6.45, 7) is 1.75. The summed E-state index contributed by atoms with van der Waals surface area (Å²) in [6, 6.07) is 8.06. The van der Waals surface area contributed by atoms with Gasteiger partial charge in [-0.1, -0.05) is 18.6 Å². The second kappa shape index (κ2) is 8.03. The molecule has 1 aromatic carbocycles. The average molecular weight is 292 g/mol. The summed E-state index contributed by atoms with van der Waals surface area (Å²) < 4.78 is 15.7. The highest BCUT2D eigenvalue weighted by molar-refractivity contribution is 5.66. The third-order valence-corrected chi connectivity index (χ3v) is 3.92. The number of ether oxygens (including phenoxy) is 3. The Labute approximate surface area is 126 Å². The van der Waals surface area contributed by atoms with Crippen molar-refractivity contribution in [1.29, 1.82) is 0 Å². The second-order valence-electron chi connectivity index (χ2n) is 5.59. The van der Waals surface area contributed by atoms with Gasteiger partial charge in [-0.15, -0.1) is 0 Å². The minimum Gasteiger partial charge on any atom is -0.468 e. The summed E-state index contributed by atoms with van der Waals surface area (Å²) in [5, 5.41) is 0. The molecule has 0 radical (unpaired) electrons. The number of rotatable bonds is 6. The number of methoxy groups -OCH3 is 1. The van der Waals surface area contributed by atoms with Crippen LogP contribution in [0.2, 0.25) is 0 Å². The lowest BCUT2D eigenvalue weighted by Crippen LogP contribution is -2.30. The number of hydrogen-bond donors (Lipinski definition) is 0. The summed E-state index contributed by atoms with van der Waals surface area (Å²) in [4.78, 5) is 11.2. The van der Waals surface area contributed by atoms with Crippen LogP contribution in [-0.2, 0) is 20.7 Å². The molecule has 0 unspecified atom stereocenters. The highest BCUT2D eigenvalue weighted by Crippen LogP contribution is 2.30. The Morgan fingerprint density at radius 1 is 1.19 bits per heavy atom. The fourth-order valence-electron chi connectivity index (χ4n) is 2.93. The van der Waals surface area contributed by atoms with E-state index in [0.717, 1.165) is 31.4 Å². The fourth-order valence-corrected chi connectivity index (χ4v) is 2.93. The van der Waals surface area contributed by atoms with E-state index in [1.54, 1.807) is 7.11 Å². The molecule has 0 heterocycles. The summed E-state index contributed by atoms with van der Waals surface area (Å²) in [5.74, 6) is 1.06. The Bertz CT molecular complexity index is 441.